The zero-order valence-electron chi connectivity index (χ0n) is 13.1. The minimum Gasteiger partial charge on any atom is -0.351 e. The smallest absolute Gasteiger partial charge is 0.318 e. The van der Waals surface area contributed by atoms with Gasteiger partial charge in [0, 0.05) is 6.92 Å². The van der Waals surface area contributed by atoms with Gasteiger partial charge in [-0.05, 0) is 25.3 Å². The largest absolute Gasteiger partial charge is 0.351 e. The van der Waals surface area contributed by atoms with Crippen LogP contribution in [0.5, 0.6) is 0 Å². The van der Waals surface area contributed by atoms with Crippen LogP contribution in [0.2, 0.25) is 0 Å². The average Bonchev–Trinajstić information content (AvgIpc) is 2.38. The van der Waals surface area contributed by atoms with Crippen LogP contribution in [-0.2, 0) is 14.4 Å². The van der Waals surface area contributed by atoms with E-state index >= 15 is 0 Å². The monoisotopic (exact) mass is 315 g/mol. The van der Waals surface area contributed by atoms with Gasteiger partial charge in [0.2, 0.25) is 11.8 Å². The van der Waals surface area contributed by atoms with Crippen molar-refractivity contribution in [2.75, 3.05) is 6.54 Å². The van der Waals surface area contributed by atoms with Crippen molar-refractivity contribution in [3.8, 4) is 0 Å². The predicted octanol–water partition coefficient (Wildman–Crippen LogP) is -1.43. The van der Waals surface area contributed by atoms with Gasteiger partial charge in [-0.25, -0.2) is 4.79 Å². The molecular formula is C13H25N5O4. The summed E-state index contributed by atoms with van der Waals surface area (Å²) in [5.74, 6) is -1.74. The number of hydrogen-bond acceptors (Lipinski definition) is 5. The molecule has 5 amide bonds. The van der Waals surface area contributed by atoms with E-state index in [-0.39, 0.29) is 18.2 Å². The Morgan fingerprint density at radius 3 is 2.05 bits per heavy atom. The van der Waals surface area contributed by atoms with Gasteiger partial charge >= 0.3 is 6.03 Å². The molecule has 0 aromatic heterocycles. The van der Waals surface area contributed by atoms with E-state index in [0.717, 1.165) is 0 Å². The number of rotatable bonds is 8. The molecule has 2 unspecified atom stereocenters. The van der Waals surface area contributed by atoms with Crippen molar-refractivity contribution in [1.82, 2.24) is 16.0 Å². The molecular weight excluding hydrogens is 290 g/mol. The number of nitrogens with one attached hydrogen (secondary N) is 3. The molecule has 0 heterocycles. The Kier molecular flexibility index (Phi) is 8.76. The first-order valence-electron chi connectivity index (χ1n) is 7.06. The molecule has 0 aromatic rings. The molecule has 0 aliphatic rings. The molecule has 9 heteroatoms. The summed E-state index contributed by atoms with van der Waals surface area (Å²) in [6.45, 7) is 5.15. The summed E-state index contributed by atoms with van der Waals surface area (Å²) in [6, 6.07) is -2.72. The van der Waals surface area contributed by atoms with Crippen LogP contribution in [0.3, 0.4) is 0 Å². The zero-order valence-corrected chi connectivity index (χ0v) is 13.1. The third-order valence-electron chi connectivity index (χ3n) is 2.88. The van der Waals surface area contributed by atoms with Crippen LogP contribution in [0.15, 0.2) is 0 Å². The average molecular weight is 315 g/mol. The van der Waals surface area contributed by atoms with Crippen LogP contribution < -0.4 is 27.4 Å². The topological polar surface area (TPSA) is 156 Å². The van der Waals surface area contributed by atoms with Crippen LogP contribution in [0.1, 0.15) is 33.6 Å². The van der Waals surface area contributed by atoms with Crippen LogP contribution in [0.4, 0.5) is 4.79 Å². The van der Waals surface area contributed by atoms with Crippen LogP contribution >= 0.6 is 0 Å². The van der Waals surface area contributed by atoms with Crippen molar-refractivity contribution in [2.45, 2.75) is 45.7 Å². The third kappa shape index (κ3) is 7.58. The Balaban J connectivity index is 4.93. The summed E-state index contributed by atoms with van der Waals surface area (Å²) in [5, 5.41) is 6.96. The van der Waals surface area contributed by atoms with Gasteiger partial charge in [0.05, 0.1) is 0 Å². The van der Waals surface area contributed by atoms with Crippen molar-refractivity contribution in [2.24, 2.45) is 17.4 Å². The van der Waals surface area contributed by atoms with Crippen LogP contribution in [-0.4, -0.2) is 42.4 Å². The molecule has 0 aromatic carbocycles. The van der Waals surface area contributed by atoms with E-state index in [1.54, 1.807) is 13.8 Å². The molecule has 0 saturated carbocycles. The minimum atomic E-state index is -1.00. The molecule has 22 heavy (non-hydrogen) atoms. The highest BCUT2D eigenvalue weighted by Gasteiger charge is 2.28. The molecule has 0 aliphatic heterocycles. The lowest BCUT2D eigenvalue weighted by Crippen LogP contribution is -2.56. The maximum atomic E-state index is 12.2. The fourth-order valence-corrected chi connectivity index (χ4v) is 1.81. The summed E-state index contributed by atoms with van der Waals surface area (Å²) in [4.78, 5) is 46.0. The molecule has 0 fully saturated rings. The van der Waals surface area contributed by atoms with Crippen LogP contribution in [0, 0.1) is 5.92 Å². The zero-order chi connectivity index (χ0) is 17.3. The first kappa shape index (κ1) is 19.8. The second kappa shape index (κ2) is 9.72. The number of carbonyl (C=O) groups is 4. The van der Waals surface area contributed by atoms with Gasteiger partial charge < -0.3 is 22.1 Å². The maximum Gasteiger partial charge on any atom is 0.318 e. The standard InChI is InChI=1S/C13H25N5O4/c1-7(2)10(16-8(3)19)12(21)17-9(5-4-6-14)11(20)18-13(15)22/h7,9-10H,4-6,14H2,1-3H3,(H,16,19)(H,17,21)(H3,15,18,20,22). The van der Waals surface area contributed by atoms with Gasteiger partial charge in [-0.15, -0.1) is 0 Å². The van der Waals surface area contributed by atoms with Gasteiger partial charge in [0.1, 0.15) is 12.1 Å². The molecule has 0 aliphatic carbocycles. The predicted molar refractivity (Wildman–Crippen MR) is 80.4 cm³/mol. The number of carbonyl (C=O) groups excluding carboxylic acids is 4. The van der Waals surface area contributed by atoms with E-state index in [4.69, 9.17) is 11.5 Å². The van der Waals surface area contributed by atoms with Crippen molar-refractivity contribution in [3.05, 3.63) is 0 Å². The van der Waals surface area contributed by atoms with Crippen molar-refractivity contribution >= 4 is 23.8 Å². The lowest BCUT2D eigenvalue weighted by molar-refractivity contribution is -0.132. The summed E-state index contributed by atoms with van der Waals surface area (Å²) >= 11 is 0. The van der Waals surface area contributed by atoms with E-state index in [0.29, 0.717) is 13.0 Å². The number of urea groups is 1. The Hall–Kier alpha value is -2.16. The highest BCUT2D eigenvalue weighted by atomic mass is 16.2. The first-order valence-corrected chi connectivity index (χ1v) is 7.06. The fourth-order valence-electron chi connectivity index (χ4n) is 1.81. The molecule has 7 N–H and O–H groups in total. The van der Waals surface area contributed by atoms with E-state index in [1.807, 2.05) is 5.32 Å². The molecule has 0 spiro atoms. The minimum absolute atomic E-state index is 0.168. The molecule has 0 radical (unpaired) electrons. The molecule has 0 rings (SSSR count). The third-order valence-corrected chi connectivity index (χ3v) is 2.88. The molecule has 9 nitrogen and oxygen atoms in total. The second-order valence-corrected chi connectivity index (χ2v) is 5.27. The molecule has 2 atom stereocenters. The quantitative estimate of drug-likeness (QED) is 0.371. The van der Waals surface area contributed by atoms with Gasteiger partial charge in [-0.2, -0.15) is 0 Å². The lowest BCUT2D eigenvalue weighted by Gasteiger charge is -2.24. The van der Waals surface area contributed by atoms with Crippen LogP contribution in [0.25, 0.3) is 0 Å². The lowest BCUT2D eigenvalue weighted by atomic mass is 10.0. The Morgan fingerprint density at radius 2 is 1.64 bits per heavy atom. The number of primary amides is 1. The molecule has 0 saturated heterocycles. The summed E-state index contributed by atoms with van der Waals surface area (Å²) in [7, 11) is 0. The van der Waals surface area contributed by atoms with E-state index in [9.17, 15) is 19.2 Å². The SMILES string of the molecule is CC(=O)NC(C(=O)NC(CCCN)C(=O)NC(N)=O)C(C)C. The van der Waals surface area contributed by atoms with E-state index < -0.39 is 29.9 Å². The Labute approximate surface area is 129 Å². The summed E-state index contributed by atoms with van der Waals surface area (Å²) in [6.07, 6.45) is 0.732. The summed E-state index contributed by atoms with van der Waals surface area (Å²) in [5.41, 5.74) is 10.3. The molecule has 126 valence electrons. The van der Waals surface area contributed by atoms with Gasteiger partial charge in [-0.3, -0.25) is 19.7 Å². The van der Waals surface area contributed by atoms with E-state index in [2.05, 4.69) is 10.6 Å². The number of amides is 5. The van der Waals surface area contributed by atoms with Crippen molar-refractivity contribution in [3.63, 3.8) is 0 Å². The van der Waals surface area contributed by atoms with Crippen molar-refractivity contribution in [1.29, 1.82) is 0 Å². The highest BCUT2D eigenvalue weighted by Crippen LogP contribution is 2.04. The van der Waals surface area contributed by atoms with E-state index in [1.165, 1.54) is 6.92 Å². The number of imide groups is 1. The van der Waals surface area contributed by atoms with Crippen molar-refractivity contribution < 1.29 is 19.2 Å². The normalized spacial score (nSPS) is 13.1. The fraction of sp³-hybridized carbons (Fsp3) is 0.692. The molecule has 0 bridgehead atoms. The number of nitrogens with two attached hydrogens (primary N) is 2. The second-order valence-electron chi connectivity index (χ2n) is 5.27. The first-order chi connectivity index (χ1) is 10.2. The summed E-state index contributed by atoms with van der Waals surface area (Å²) < 4.78 is 0. The number of hydrogen-bond donors (Lipinski definition) is 5. The Bertz CT molecular complexity index is 425. The van der Waals surface area contributed by atoms with Gasteiger partial charge in [0.15, 0.2) is 0 Å². The Morgan fingerprint density at radius 1 is 1.05 bits per heavy atom. The highest BCUT2D eigenvalue weighted by molar-refractivity contribution is 5.98. The maximum absolute atomic E-state index is 12.2. The van der Waals surface area contributed by atoms with Gasteiger partial charge in [0.25, 0.3) is 5.91 Å². The van der Waals surface area contributed by atoms with Gasteiger partial charge in [-0.1, -0.05) is 13.8 Å².